The van der Waals surface area contributed by atoms with E-state index in [0.717, 1.165) is 36.6 Å². The standard InChI is InChI=1S/C16H17ClN4O2/c1-11-8-13(21(22)23)9-14(17)16(11)19-12-5-7-20(10-12)15-4-2-3-6-18-15/h2-4,6,8-9,12,19H,5,7,10H2,1H3. The van der Waals surface area contributed by atoms with Crippen molar-refractivity contribution in [3.8, 4) is 0 Å². The molecule has 120 valence electrons. The Bertz CT molecular complexity index is 700. The van der Waals surface area contributed by atoms with Gasteiger partial charge in [-0.25, -0.2) is 4.98 Å². The molecule has 1 N–H and O–H groups in total. The summed E-state index contributed by atoms with van der Waals surface area (Å²) in [5.74, 6) is 0.961. The van der Waals surface area contributed by atoms with Crippen molar-refractivity contribution in [2.75, 3.05) is 23.3 Å². The molecule has 0 saturated carbocycles. The Morgan fingerprint density at radius 2 is 2.26 bits per heavy atom. The first kappa shape index (κ1) is 15.6. The van der Waals surface area contributed by atoms with Crippen LogP contribution in [-0.2, 0) is 0 Å². The highest BCUT2D eigenvalue weighted by molar-refractivity contribution is 6.33. The molecule has 7 heteroatoms. The number of aryl methyl sites for hydroxylation is 1. The second kappa shape index (κ2) is 6.42. The van der Waals surface area contributed by atoms with Crippen LogP contribution in [0.4, 0.5) is 17.2 Å². The van der Waals surface area contributed by atoms with Crippen molar-refractivity contribution in [1.29, 1.82) is 0 Å². The summed E-state index contributed by atoms with van der Waals surface area (Å²) in [5.41, 5.74) is 1.56. The van der Waals surface area contributed by atoms with E-state index >= 15 is 0 Å². The van der Waals surface area contributed by atoms with Crippen LogP contribution in [0, 0.1) is 17.0 Å². The van der Waals surface area contributed by atoms with Crippen LogP contribution < -0.4 is 10.2 Å². The van der Waals surface area contributed by atoms with Crippen LogP contribution >= 0.6 is 11.6 Å². The van der Waals surface area contributed by atoms with E-state index in [0.29, 0.717) is 5.02 Å². The Morgan fingerprint density at radius 3 is 2.91 bits per heavy atom. The first-order valence-electron chi connectivity index (χ1n) is 7.41. The van der Waals surface area contributed by atoms with E-state index in [1.165, 1.54) is 6.07 Å². The molecule has 6 nitrogen and oxygen atoms in total. The molecule has 1 aliphatic heterocycles. The van der Waals surface area contributed by atoms with Crippen molar-refractivity contribution in [2.24, 2.45) is 0 Å². The van der Waals surface area contributed by atoms with E-state index in [-0.39, 0.29) is 11.7 Å². The van der Waals surface area contributed by atoms with Gasteiger partial charge in [0.1, 0.15) is 5.82 Å². The van der Waals surface area contributed by atoms with Gasteiger partial charge in [-0.2, -0.15) is 0 Å². The van der Waals surface area contributed by atoms with Crippen LogP contribution in [0.2, 0.25) is 5.02 Å². The largest absolute Gasteiger partial charge is 0.379 e. The molecule has 1 unspecified atom stereocenters. The predicted molar refractivity (Wildman–Crippen MR) is 91.3 cm³/mol. The van der Waals surface area contributed by atoms with E-state index in [9.17, 15) is 10.1 Å². The summed E-state index contributed by atoms with van der Waals surface area (Å²) in [6.45, 7) is 3.56. The number of hydrogen-bond donors (Lipinski definition) is 1. The van der Waals surface area contributed by atoms with Gasteiger partial charge in [-0.3, -0.25) is 10.1 Å². The number of nitrogens with one attached hydrogen (secondary N) is 1. The number of nitro groups is 1. The number of non-ortho nitro benzene ring substituents is 1. The minimum atomic E-state index is -0.430. The number of rotatable bonds is 4. The lowest BCUT2D eigenvalue weighted by Crippen LogP contribution is -2.26. The number of nitro benzene ring substituents is 1. The summed E-state index contributed by atoms with van der Waals surface area (Å²) in [6.07, 6.45) is 2.75. The van der Waals surface area contributed by atoms with Crippen LogP contribution in [0.15, 0.2) is 36.5 Å². The zero-order valence-electron chi connectivity index (χ0n) is 12.7. The number of pyridine rings is 1. The number of benzene rings is 1. The van der Waals surface area contributed by atoms with Crippen LogP contribution in [0.25, 0.3) is 0 Å². The topological polar surface area (TPSA) is 71.3 Å². The lowest BCUT2D eigenvalue weighted by Gasteiger charge is -2.19. The Labute approximate surface area is 139 Å². The number of anilines is 2. The third-order valence-electron chi connectivity index (χ3n) is 3.99. The highest BCUT2D eigenvalue weighted by atomic mass is 35.5. The van der Waals surface area contributed by atoms with E-state index in [1.807, 2.05) is 25.1 Å². The van der Waals surface area contributed by atoms with Gasteiger partial charge in [-0.1, -0.05) is 17.7 Å². The van der Waals surface area contributed by atoms with Crippen molar-refractivity contribution in [3.05, 3.63) is 57.2 Å². The third kappa shape index (κ3) is 3.37. The molecule has 0 aliphatic carbocycles. The zero-order valence-corrected chi connectivity index (χ0v) is 13.5. The van der Waals surface area contributed by atoms with Crippen molar-refractivity contribution in [2.45, 2.75) is 19.4 Å². The summed E-state index contributed by atoms with van der Waals surface area (Å²) >= 11 is 6.22. The summed E-state index contributed by atoms with van der Waals surface area (Å²) < 4.78 is 0. The lowest BCUT2D eigenvalue weighted by atomic mass is 10.1. The van der Waals surface area contributed by atoms with Crippen molar-refractivity contribution >= 4 is 28.8 Å². The molecular weight excluding hydrogens is 316 g/mol. The number of hydrogen-bond acceptors (Lipinski definition) is 5. The molecule has 1 atom stereocenters. The number of halogens is 1. The minimum absolute atomic E-state index is 0.0135. The molecule has 0 amide bonds. The smallest absolute Gasteiger partial charge is 0.271 e. The van der Waals surface area contributed by atoms with Crippen LogP contribution in [0.1, 0.15) is 12.0 Å². The van der Waals surface area contributed by atoms with Crippen LogP contribution in [0.3, 0.4) is 0 Å². The Morgan fingerprint density at radius 1 is 1.43 bits per heavy atom. The fraction of sp³-hybridized carbons (Fsp3) is 0.312. The monoisotopic (exact) mass is 332 g/mol. The third-order valence-corrected chi connectivity index (χ3v) is 4.29. The molecule has 1 aromatic heterocycles. The van der Waals surface area contributed by atoms with Gasteiger partial charge in [-0.05, 0) is 31.0 Å². The molecule has 0 bridgehead atoms. The summed E-state index contributed by atoms with van der Waals surface area (Å²) in [6, 6.07) is 9.03. The second-order valence-electron chi connectivity index (χ2n) is 5.64. The molecule has 3 rings (SSSR count). The fourth-order valence-corrected chi connectivity index (χ4v) is 3.16. The number of nitrogens with zero attached hydrogens (tertiary/aromatic N) is 3. The number of aromatic nitrogens is 1. The lowest BCUT2D eigenvalue weighted by molar-refractivity contribution is -0.384. The van der Waals surface area contributed by atoms with E-state index < -0.39 is 4.92 Å². The summed E-state index contributed by atoms with van der Waals surface area (Å²) in [4.78, 5) is 17.0. The molecule has 0 radical (unpaired) electrons. The van der Waals surface area contributed by atoms with Gasteiger partial charge in [0, 0.05) is 37.5 Å². The fourth-order valence-electron chi connectivity index (χ4n) is 2.85. The molecule has 2 heterocycles. The van der Waals surface area contributed by atoms with Crippen LogP contribution in [0.5, 0.6) is 0 Å². The first-order valence-corrected chi connectivity index (χ1v) is 7.79. The predicted octanol–water partition coefficient (Wildman–Crippen LogP) is 3.64. The van der Waals surface area contributed by atoms with Crippen LogP contribution in [-0.4, -0.2) is 29.0 Å². The molecule has 1 aliphatic rings. The van der Waals surface area contributed by atoms with Gasteiger partial charge in [0.25, 0.3) is 5.69 Å². The van der Waals surface area contributed by atoms with Gasteiger partial charge in [0.05, 0.1) is 15.6 Å². The molecule has 1 saturated heterocycles. The Kier molecular flexibility index (Phi) is 4.34. The quantitative estimate of drug-likeness (QED) is 0.683. The normalized spacial score (nSPS) is 17.3. The van der Waals surface area contributed by atoms with Gasteiger partial charge >= 0.3 is 0 Å². The molecule has 0 spiro atoms. The maximum Gasteiger partial charge on any atom is 0.271 e. The molecular formula is C16H17ClN4O2. The second-order valence-corrected chi connectivity index (χ2v) is 6.05. The SMILES string of the molecule is Cc1cc([N+](=O)[O-])cc(Cl)c1NC1CCN(c2ccccn2)C1. The molecule has 2 aromatic rings. The van der Waals surface area contributed by atoms with Gasteiger partial charge in [0.15, 0.2) is 0 Å². The molecule has 23 heavy (non-hydrogen) atoms. The van der Waals surface area contributed by atoms with Gasteiger partial charge in [0.2, 0.25) is 0 Å². The van der Waals surface area contributed by atoms with Gasteiger partial charge < -0.3 is 10.2 Å². The summed E-state index contributed by atoms with van der Waals surface area (Å²) in [7, 11) is 0. The molecule has 1 fully saturated rings. The van der Waals surface area contributed by atoms with E-state index in [1.54, 1.807) is 12.3 Å². The highest BCUT2D eigenvalue weighted by Crippen LogP contribution is 2.32. The Balaban J connectivity index is 1.73. The van der Waals surface area contributed by atoms with Crippen molar-refractivity contribution in [1.82, 2.24) is 4.98 Å². The summed E-state index contributed by atoms with van der Waals surface area (Å²) in [5, 5.41) is 14.7. The highest BCUT2D eigenvalue weighted by Gasteiger charge is 2.25. The van der Waals surface area contributed by atoms with E-state index in [4.69, 9.17) is 11.6 Å². The molecule has 1 aromatic carbocycles. The minimum Gasteiger partial charge on any atom is -0.379 e. The van der Waals surface area contributed by atoms with Gasteiger partial charge in [-0.15, -0.1) is 0 Å². The zero-order chi connectivity index (χ0) is 16.4. The van der Waals surface area contributed by atoms with E-state index in [2.05, 4.69) is 15.2 Å². The maximum atomic E-state index is 10.9. The van der Waals surface area contributed by atoms with Crippen molar-refractivity contribution < 1.29 is 4.92 Å². The maximum absolute atomic E-state index is 10.9. The first-order chi connectivity index (χ1) is 11.0. The Hall–Kier alpha value is -2.34. The average Bonchev–Trinajstić information content (AvgIpc) is 3.00. The average molecular weight is 333 g/mol. The van der Waals surface area contributed by atoms with Crippen molar-refractivity contribution in [3.63, 3.8) is 0 Å².